The van der Waals surface area contributed by atoms with Gasteiger partial charge in [-0.15, -0.1) is 0 Å². The lowest BCUT2D eigenvalue weighted by molar-refractivity contribution is -0.385. The van der Waals surface area contributed by atoms with Crippen LogP contribution in [0.1, 0.15) is 22.3 Å². The molecule has 0 aromatic heterocycles. The van der Waals surface area contributed by atoms with Gasteiger partial charge in [0.05, 0.1) is 21.0 Å². The molecule has 51 heavy (non-hydrogen) atoms. The number of ether oxygens (including phenoxy) is 2. The Hall–Kier alpha value is -6.08. The molecule has 0 radical (unpaired) electrons. The van der Waals surface area contributed by atoms with Crippen LogP contribution in [0, 0.1) is 20.2 Å². The summed E-state index contributed by atoms with van der Waals surface area (Å²) in [4.78, 5) is 19.9. The summed E-state index contributed by atoms with van der Waals surface area (Å²) >= 11 is 0. The average molecular weight is 738 g/mol. The van der Waals surface area contributed by atoms with Gasteiger partial charge in [-0.25, -0.2) is 8.78 Å². The summed E-state index contributed by atoms with van der Waals surface area (Å²) in [6, 6.07) is 6.96. The molecule has 0 fully saturated rings. The third kappa shape index (κ3) is 7.43. The minimum atomic E-state index is -6.13. The van der Waals surface area contributed by atoms with Gasteiger partial charge in [0.15, 0.2) is 11.7 Å². The van der Waals surface area contributed by atoms with Gasteiger partial charge in [-0.3, -0.25) is 20.2 Å². The van der Waals surface area contributed by atoms with Gasteiger partial charge in [0.25, 0.3) is 11.4 Å². The van der Waals surface area contributed by atoms with Crippen LogP contribution >= 0.6 is 0 Å². The van der Waals surface area contributed by atoms with Gasteiger partial charge in [0.2, 0.25) is 5.41 Å². The van der Waals surface area contributed by atoms with E-state index in [1.165, 1.54) is 0 Å². The Bertz CT molecular complexity index is 1890. The number of rotatable bonds is 10. The number of nitro benzene ring substituents is 2. The Morgan fingerprint density at radius 2 is 0.824 bits per heavy atom. The van der Waals surface area contributed by atoms with E-state index >= 15 is 0 Å². The number of hydrogen-bond acceptors (Lipinski definition) is 6. The zero-order valence-corrected chi connectivity index (χ0v) is 24.5. The van der Waals surface area contributed by atoms with Crippen LogP contribution in [0.3, 0.4) is 0 Å². The van der Waals surface area contributed by atoms with Crippen molar-refractivity contribution < 1.29 is 72.0 Å². The topological polar surface area (TPSA) is 105 Å². The van der Waals surface area contributed by atoms with Gasteiger partial charge < -0.3 is 9.47 Å². The Morgan fingerprint density at radius 1 is 0.510 bits per heavy atom. The maximum absolute atomic E-state index is 14.7. The van der Waals surface area contributed by atoms with Crippen LogP contribution in [-0.2, 0) is 5.41 Å². The fourth-order valence-corrected chi connectivity index (χ4v) is 4.77. The first-order valence-electron chi connectivity index (χ1n) is 13.4. The van der Waals surface area contributed by atoms with Crippen molar-refractivity contribution in [2.75, 3.05) is 0 Å². The number of non-ortho nitro benzene ring substituents is 2. The Kier molecular flexibility index (Phi) is 10.4. The predicted octanol–water partition coefficient (Wildman–Crippen LogP) is 11.6. The van der Waals surface area contributed by atoms with Crippen molar-refractivity contribution in [1.29, 1.82) is 0 Å². The molecule has 0 aliphatic rings. The summed E-state index contributed by atoms with van der Waals surface area (Å²) in [5.74, 6) is -7.35. The van der Waals surface area contributed by atoms with Gasteiger partial charge >= 0.3 is 24.5 Å². The number of nitro groups is 2. The van der Waals surface area contributed by atoms with Crippen molar-refractivity contribution >= 4 is 23.0 Å². The Labute approximate surface area is 275 Å². The lowest BCUT2D eigenvalue weighted by Crippen LogP contribution is -2.54. The van der Waals surface area contributed by atoms with E-state index in [1.807, 2.05) is 0 Å². The van der Waals surface area contributed by atoms with Gasteiger partial charge in [0.1, 0.15) is 23.0 Å². The monoisotopic (exact) mass is 738 g/mol. The molecule has 0 atom stereocenters. The lowest BCUT2D eigenvalue weighted by Gasteiger charge is -2.38. The number of benzene rings is 4. The second-order valence-corrected chi connectivity index (χ2v) is 10.0. The van der Waals surface area contributed by atoms with Crippen LogP contribution in [-0.4, -0.2) is 22.2 Å². The SMILES string of the molecule is O=[N+]([O-])c1ccc(Oc2ccc(C(c3ccc(Oc4ccc([N+](=O)[O-])cc4C(F)=C(F)F)cc3)(C(F)(F)F)C(F)(F)F)cc2)c(C(F)=C(F)F)c1. The maximum Gasteiger partial charge on any atom is 0.411 e. The first-order valence-corrected chi connectivity index (χ1v) is 13.4. The fraction of sp³-hybridized carbons (Fsp3) is 0.0968. The summed E-state index contributed by atoms with van der Waals surface area (Å²) in [7, 11) is 0. The van der Waals surface area contributed by atoms with Crippen LogP contribution in [0.2, 0.25) is 0 Å². The van der Waals surface area contributed by atoms with E-state index in [0.717, 1.165) is 0 Å². The predicted molar refractivity (Wildman–Crippen MR) is 153 cm³/mol. The largest absolute Gasteiger partial charge is 0.457 e. The molecular formula is C31H14F12N2O6. The molecule has 0 unspecified atom stereocenters. The molecule has 4 rings (SSSR count). The summed E-state index contributed by atoms with van der Waals surface area (Å²) < 4.78 is 178. The van der Waals surface area contributed by atoms with Crippen molar-refractivity contribution in [3.05, 3.63) is 140 Å². The van der Waals surface area contributed by atoms with Crippen molar-refractivity contribution in [2.45, 2.75) is 17.8 Å². The summed E-state index contributed by atoms with van der Waals surface area (Å²) in [6.45, 7) is 0. The molecule has 0 aliphatic carbocycles. The number of halogens is 12. The quantitative estimate of drug-likeness (QED) is 0.0911. The molecule has 268 valence electrons. The van der Waals surface area contributed by atoms with E-state index in [2.05, 4.69) is 0 Å². The molecule has 4 aromatic rings. The van der Waals surface area contributed by atoms with Gasteiger partial charge in [-0.1, -0.05) is 24.3 Å². The molecule has 20 heteroatoms. The average Bonchev–Trinajstić information content (AvgIpc) is 3.04. The van der Waals surface area contributed by atoms with Crippen LogP contribution in [0.15, 0.2) is 97.1 Å². The van der Waals surface area contributed by atoms with Crippen LogP contribution in [0.25, 0.3) is 11.7 Å². The highest BCUT2D eigenvalue weighted by atomic mass is 19.4. The van der Waals surface area contributed by atoms with Crippen LogP contribution < -0.4 is 9.47 Å². The third-order valence-corrected chi connectivity index (χ3v) is 7.03. The van der Waals surface area contributed by atoms with E-state index in [1.54, 1.807) is 0 Å². The Balaban J connectivity index is 1.77. The van der Waals surface area contributed by atoms with Gasteiger partial charge in [0, 0.05) is 24.3 Å². The first-order chi connectivity index (χ1) is 23.7. The number of alkyl halides is 6. The number of nitrogens with zero attached hydrogens (tertiary/aromatic N) is 2. The molecule has 0 bridgehead atoms. The highest BCUT2D eigenvalue weighted by Crippen LogP contribution is 2.56. The highest BCUT2D eigenvalue weighted by molar-refractivity contribution is 5.69. The molecule has 0 saturated heterocycles. The normalized spacial score (nSPS) is 11.8. The molecular weight excluding hydrogens is 724 g/mol. The molecule has 0 amide bonds. The van der Waals surface area contributed by atoms with Gasteiger partial charge in [-0.2, -0.15) is 43.9 Å². The van der Waals surface area contributed by atoms with E-state index in [4.69, 9.17) is 9.47 Å². The zero-order chi connectivity index (χ0) is 38.1. The second-order valence-electron chi connectivity index (χ2n) is 10.0. The molecule has 0 aliphatic heterocycles. The second kappa shape index (κ2) is 14.0. The molecule has 0 saturated carbocycles. The molecule has 0 N–H and O–H groups in total. The fourth-order valence-electron chi connectivity index (χ4n) is 4.77. The molecule has 0 heterocycles. The summed E-state index contributed by atoms with van der Waals surface area (Å²) in [5, 5.41) is 22.0. The highest BCUT2D eigenvalue weighted by Gasteiger charge is 2.72. The standard InChI is InChI=1S/C31H14F12N2O6/c32-25(27(34)35)21-13-17(44(46)47)5-11-23(21)50-19-7-1-15(2-8-19)29(30(38,39)40,31(41,42)43)16-3-9-20(10-4-16)51-24-12-6-18(45(48)49)14-22(24)26(33)28(36)37/h1-14H. The molecule has 8 nitrogen and oxygen atoms in total. The smallest absolute Gasteiger partial charge is 0.411 e. The zero-order valence-electron chi connectivity index (χ0n) is 24.5. The summed E-state index contributed by atoms with van der Waals surface area (Å²) in [5.41, 5.74) is -11.7. The Morgan fingerprint density at radius 3 is 1.08 bits per heavy atom. The molecule has 4 aromatic carbocycles. The lowest BCUT2D eigenvalue weighted by atomic mass is 9.73. The van der Waals surface area contributed by atoms with Crippen molar-refractivity contribution in [1.82, 2.24) is 0 Å². The minimum Gasteiger partial charge on any atom is -0.457 e. The first kappa shape index (κ1) is 37.7. The van der Waals surface area contributed by atoms with E-state index in [0.29, 0.717) is 84.9 Å². The van der Waals surface area contributed by atoms with E-state index < -0.39 is 108 Å². The van der Waals surface area contributed by atoms with Crippen LogP contribution in [0.4, 0.5) is 64.1 Å². The maximum atomic E-state index is 14.7. The van der Waals surface area contributed by atoms with Crippen molar-refractivity contribution in [3.8, 4) is 23.0 Å². The third-order valence-electron chi connectivity index (χ3n) is 7.03. The van der Waals surface area contributed by atoms with E-state index in [9.17, 15) is 72.9 Å². The summed E-state index contributed by atoms with van der Waals surface area (Å²) in [6.07, 6.45) is -18.1. The van der Waals surface area contributed by atoms with Crippen molar-refractivity contribution in [2.24, 2.45) is 0 Å². The van der Waals surface area contributed by atoms with Gasteiger partial charge in [-0.05, 0) is 47.5 Å². The number of hydrogen-bond donors (Lipinski definition) is 0. The van der Waals surface area contributed by atoms with E-state index in [-0.39, 0.29) is 0 Å². The van der Waals surface area contributed by atoms with Crippen LogP contribution in [0.5, 0.6) is 23.0 Å². The molecule has 0 spiro atoms. The van der Waals surface area contributed by atoms with Crippen molar-refractivity contribution in [3.63, 3.8) is 0 Å². The minimum absolute atomic E-state index is 0.317.